The fraction of sp³-hybridized carbons (Fsp3) is 0.333. The Morgan fingerprint density at radius 1 is 1.38 bits per heavy atom. The second-order valence-electron chi connectivity index (χ2n) is 3.31. The van der Waals surface area contributed by atoms with Gasteiger partial charge < -0.3 is 0 Å². The van der Waals surface area contributed by atoms with E-state index in [4.69, 9.17) is 11.6 Å². The summed E-state index contributed by atoms with van der Waals surface area (Å²) in [5.41, 5.74) is 2.43. The summed E-state index contributed by atoms with van der Waals surface area (Å²) in [5.74, 6) is 0.736. The molecule has 0 saturated heterocycles. The molecule has 0 aromatic carbocycles. The van der Waals surface area contributed by atoms with Crippen LogP contribution in [0.3, 0.4) is 0 Å². The number of fused-ring (bicyclic) bond motifs is 1. The highest BCUT2D eigenvalue weighted by molar-refractivity contribution is 7.18. The largest absolute Gasteiger partial charge is 0.235 e. The van der Waals surface area contributed by atoms with Gasteiger partial charge in [0, 0.05) is 0 Å². The van der Waals surface area contributed by atoms with Crippen LogP contribution in [0.2, 0.25) is 5.15 Å². The van der Waals surface area contributed by atoms with Gasteiger partial charge in [0.1, 0.15) is 11.5 Å². The second-order valence-corrected chi connectivity index (χ2v) is 4.55. The summed E-state index contributed by atoms with van der Waals surface area (Å²) in [7, 11) is 0. The van der Waals surface area contributed by atoms with E-state index < -0.39 is 0 Å². The van der Waals surface area contributed by atoms with E-state index in [2.05, 4.69) is 15.3 Å². The van der Waals surface area contributed by atoms with Crippen LogP contribution in [0.5, 0.6) is 0 Å². The molecule has 0 N–H and O–H groups in total. The quantitative estimate of drug-likeness (QED) is 0.676. The van der Waals surface area contributed by atoms with Gasteiger partial charge in [-0.3, -0.25) is 0 Å². The lowest BCUT2D eigenvalue weighted by atomic mass is 10.2. The van der Waals surface area contributed by atoms with Gasteiger partial charge in [-0.1, -0.05) is 11.6 Å². The van der Waals surface area contributed by atoms with E-state index in [0.717, 1.165) is 16.1 Å². The van der Waals surface area contributed by atoms with Crippen LogP contribution in [0.4, 0.5) is 0 Å². The summed E-state index contributed by atoms with van der Waals surface area (Å²) >= 11 is 7.61. The zero-order valence-electron chi connectivity index (χ0n) is 6.83. The van der Waals surface area contributed by atoms with Crippen LogP contribution in [0.25, 0.3) is 10.2 Å². The van der Waals surface area contributed by atoms with E-state index in [1.165, 1.54) is 18.4 Å². The van der Waals surface area contributed by atoms with Crippen LogP contribution in [-0.2, 0) is 0 Å². The van der Waals surface area contributed by atoms with Crippen molar-refractivity contribution in [1.82, 2.24) is 9.97 Å². The normalized spacial score (nSPS) is 16.7. The van der Waals surface area contributed by atoms with Crippen LogP contribution in [0.15, 0.2) is 11.7 Å². The van der Waals surface area contributed by atoms with Crippen molar-refractivity contribution in [3.8, 4) is 0 Å². The maximum absolute atomic E-state index is 5.95. The van der Waals surface area contributed by atoms with E-state index in [0.29, 0.717) is 5.15 Å². The molecule has 13 heavy (non-hydrogen) atoms. The van der Waals surface area contributed by atoms with Crippen molar-refractivity contribution < 1.29 is 0 Å². The molecule has 1 aliphatic carbocycles. The molecule has 2 heterocycles. The van der Waals surface area contributed by atoms with Crippen molar-refractivity contribution in [3.05, 3.63) is 22.4 Å². The standard InChI is InChI=1S/C9H7ClN2S/c10-9-8-7(11-4-12-9)6(3-13-8)5-1-2-5/h3-5H,1-2H2. The molecule has 0 bridgehead atoms. The SMILES string of the molecule is Clc1ncnc2c(C3CC3)csc12. The Morgan fingerprint density at radius 3 is 3.00 bits per heavy atom. The highest BCUT2D eigenvalue weighted by Gasteiger charge is 2.27. The smallest absolute Gasteiger partial charge is 0.150 e. The van der Waals surface area contributed by atoms with Gasteiger partial charge in [0.2, 0.25) is 0 Å². The highest BCUT2D eigenvalue weighted by atomic mass is 35.5. The maximum atomic E-state index is 5.95. The first-order valence-electron chi connectivity index (χ1n) is 4.24. The summed E-state index contributed by atoms with van der Waals surface area (Å²) in [6, 6.07) is 0. The molecule has 0 unspecified atom stereocenters. The van der Waals surface area contributed by atoms with E-state index in [9.17, 15) is 0 Å². The topological polar surface area (TPSA) is 25.8 Å². The third-order valence-electron chi connectivity index (χ3n) is 2.35. The van der Waals surface area contributed by atoms with Crippen molar-refractivity contribution in [2.24, 2.45) is 0 Å². The van der Waals surface area contributed by atoms with Crippen molar-refractivity contribution >= 4 is 33.2 Å². The first-order valence-corrected chi connectivity index (χ1v) is 5.49. The minimum absolute atomic E-state index is 0.585. The van der Waals surface area contributed by atoms with Crippen LogP contribution < -0.4 is 0 Å². The molecule has 0 spiro atoms. The van der Waals surface area contributed by atoms with E-state index >= 15 is 0 Å². The van der Waals surface area contributed by atoms with E-state index in [-0.39, 0.29) is 0 Å². The van der Waals surface area contributed by atoms with Crippen molar-refractivity contribution in [1.29, 1.82) is 0 Å². The fourth-order valence-electron chi connectivity index (χ4n) is 1.52. The van der Waals surface area contributed by atoms with Gasteiger partial charge in [-0.25, -0.2) is 9.97 Å². The van der Waals surface area contributed by atoms with Crippen molar-refractivity contribution in [2.75, 3.05) is 0 Å². The number of hydrogen-bond donors (Lipinski definition) is 0. The van der Waals surface area contributed by atoms with Crippen molar-refractivity contribution in [3.63, 3.8) is 0 Å². The second kappa shape index (κ2) is 2.66. The Labute approximate surface area is 84.6 Å². The predicted molar refractivity (Wildman–Crippen MR) is 54.4 cm³/mol. The zero-order valence-corrected chi connectivity index (χ0v) is 8.40. The molecule has 4 heteroatoms. The summed E-state index contributed by atoms with van der Waals surface area (Å²) < 4.78 is 1.03. The van der Waals surface area contributed by atoms with E-state index in [1.54, 1.807) is 17.7 Å². The average Bonchev–Trinajstić information content (AvgIpc) is 2.87. The molecule has 0 radical (unpaired) electrons. The van der Waals surface area contributed by atoms with E-state index in [1.807, 2.05) is 0 Å². The lowest BCUT2D eigenvalue weighted by molar-refractivity contribution is 1.13. The van der Waals surface area contributed by atoms with Gasteiger partial charge in [-0.05, 0) is 29.7 Å². The van der Waals surface area contributed by atoms with Gasteiger partial charge in [-0.2, -0.15) is 0 Å². The number of thiophene rings is 1. The molecule has 2 aromatic heterocycles. The van der Waals surface area contributed by atoms with Crippen LogP contribution in [0, 0.1) is 0 Å². The number of nitrogens with zero attached hydrogens (tertiary/aromatic N) is 2. The van der Waals surface area contributed by atoms with Crippen molar-refractivity contribution in [2.45, 2.75) is 18.8 Å². The number of halogens is 1. The lowest BCUT2D eigenvalue weighted by Gasteiger charge is -1.93. The molecule has 1 fully saturated rings. The number of rotatable bonds is 1. The number of aromatic nitrogens is 2. The molecule has 0 amide bonds. The first-order chi connectivity index (χ1) is 6.36. The monoisotopic (exact) mass is 210 g/mol. The Morgan fingerprint density at radius 2 is 2.23 bits per heavy atom. The molecule has 66 valence electrons. The maximum Gasteiger partial charge on any atom is 0.150 e. The molecule has 1 aliphatic rings. The Hall–Kier alpha value is -0.670. The highest BCUT2D eigenvalue weighted by Crippen LogP contribution is 2.45. The zero-order chi connectivity index (χ0) is 8.84. The third kappa shape index (κ3) is 1.15. The Bertz CT molecular complexity index is 462. The minimum atomic E-state index is 0.585. The lowest BCUT2D eigenvalue weighted by Crippen LogP contribution is -1.82. The molecule has 3 rings (SSSR count). The number of hydrogen-bond acceptors (Lipinski definition) is 3. The molecule has 2 nitrogen and oxygen atoms in total. The van der Waals surface area contributed by atoms with Crippen LogP contribution in [-0.4, -0.2) is 9.97 Å². The van der Waals surface area contributed by atoms with Gasteiger partial charge >= 0.3 is 0 Å². The fourth-order valence-corrected chi connectivity index (χ4v) is 2.77. The Kier molecular flexibility index (Phi) is 1.58. The van der Waals surface area contributed by atoms with Gasteiger partial charge in [0.05, 0.1) is 10.2 Å². The predicted octanol–water partition coefficient (Wildman–Crippen LogP) is 3.22. The molecule has 2 aromatic rings. The van der Waals surface area contributed by atoms with Crippen LogP contribution >= 0.6 is 22.9 Å². The summed E-state index contributed by atoms with van der Waals surface area (Å²) in [5, 5.41) is 2.75. The van der Waals surface area contributed by atoms with Crippen LogP contribution in [0.1, 0.15) is 24.3 Å². The molecular formula is C9H7ClN2S. The molecule has 0 atom stereocenters. The third-order valence-corrected chi connectivity index (χ3v) is 3.75. The summed E-state index contributed by atoms with van der Waals surface area (Å²) in [6.07, 6.45) is 4.14. The molecule has 1 saturated carbocycles. The average molecular weight is 211 g/mol. The Balaban J connectivity index is 2.32. The minimum Gasteiger partial charge on any atom is -0.235 e. The molecule has 0 aliphatic heterocycles. The van der Waals surface area contributed by atoms with Gasteiger partial charge in [0.25, 0.3) is 0 Å². The van der Waals surface area contributed by atoms with Gasteiger partial charge in [0.15, 0.2) is 0 Å². The summed E-state index contributed by atoms with van der Waals surface area (Å²) in [6.45, 7) is 0. The summed E-state index contributed by atoms with van der Waals surface area (Å²) in [4.78, 5) is 8.24. The van der Waals surface area contributed by atoms with Gasteiger partial charge in [-0.15, -0.1) is 11.3 Å². The first kappa shape index (κ1) is 7.71. The molecular weight excluding hydrogens is 204 g/mol.